The van der Waals surface area contributed by atoms with Crippen LogP contribution in [0.2, 0.25) is 0 Å². The van der Waals surface area contributed by atoms with E-state index in [1.807, 2.05) is 18.5 Å². The number of amides is 1. The van der Waals surface area contributed by atoms with Crippen molar-refractivity contribution in [3.63, 3.8) is 0 Å². The molecule has 12 heteroatoms. The average Bonchev–Trinajstić information content (AvgIpc) is 3.35. The highest BCUT2D eigenvalue weighted by molar-refractivity contribution is 7.94. The minimum absolute atomic E-state index is 0.0388. The molecule has 41 heavy (non-hydrogen) atoms. The van der Waals surface area contributed by atoms with Crippen LogP contribution in [0, 0.1) is 5.82 Å². The van der Waals surface area contributed by atoms with Gasteiger partial charge in [0.25, 0.3) is 5.91 Å². The van der Waals surface area contributed by atoms with Gasteiger partial charge >= 0.3 is 0 Å². The SMILES string of the molecule is CNC1CCN(C(=O)c2ccc(Nc3ncc4scc(-c5cccc(NS(=O)(=O)C(C)(C)C)c5)c4n3)cc2F)CC1. The largest absolute Gasteiger partial charge is 0.338 e. The summed E-state index contributed by atoms with van der Waals surface area (Å²) in [6.45, 7) is 6.10. The minimum Gasteiger partial charge on any atom is -0.338 e. The van der Waals surface area contributed by atoms with Gasteiger partial charge in [0.15, 0.2) is 0 Å². The predicted molar refractivity (Wildman–Crippen MR) is 163 cm³/mol. The molecule has 0 atom stereocenters. The van der Waals surface area contributed by atoms with Gasteiger partial charge in [-0.3, -0.25) is 9.52 Å². The quantitative estimate of drug-likeness (QED) is 0.254. The van der Waals surface area contributed by atoms with Gasteiger partial charge in [0.05, 0.1) is 26.7 Å². The van der Waals surface area contributed by atoms with Crippen LogP contribution in [0.15, 0.2) is 54.0 Å². The first-order chi connectivity index (χ1) is 19.4. The molecule has 0 radical (unpaired) electrons. The Hall–Kier alpha value is -3.61. The molecule has 216 valence electrons. The second-order valence-electron chi connectivity index (χ2n) is 11.0. The summed E-state index contributed by atoms with van der Waals surface area (Å²) in [4.78, 5) is 23.6. The maximum Gasteiger partial charge on any atom is 0.256 e. The topological polar surface area (TPSA) is 116 Å². The first-order valence-corrected chi connectivity index (χ1v) is 15.7. The molecule has 1 saturated heterocycles. The molecule has 3 N–H and O–H groups in total. The average molecular weight is 597 g/mol. The van der Waals surface area contributed by atoms with E-state index in [2.05, 4.69) is 25.3 Å². The number of hydrogen-bond acceptors (Lipinski definition) is 8. The number of anilines is 3. The van der Waals surface area contributed by atoms with E-state index >= 15 is 4.39 Å². The third kappa shape index (κ3) is 6.19. The summed E-state index contributed by atoms with van der Waals surface area (Å²) in [5.41, 5.74) is 3.21. The molecule has 0 saturated carbocycles. The Bertz CT molecular complexity index is 1690. The Kier molecular flexibility index (Phi) is 8.00. The Balaban J connectivity index is 1.35. The van der Waals surface area contributed by atoms with Crippen molar-refractivity contribution < 1.29 is 17.6 Å². The van der Waals surface area contributed by atoms with Gasteiger partial charge in [-0.25, -0.2) is 22.8 Å². The monoisotopic (exact) mass is 596 g/mol. The Morgan fingerprint density at radius 2 is 1.85 bits per heavy atom. The van der Waals surface area contributed by atoms with Gasteiger partial charge in [-0.2, -0.15) is 0 Å². The van der Waals surface area contributed by atoms with E-state index in [1.54, 1.807) is 56.1 Å². The number of nitrogens with zero attached hydrogens (tertiary/aromatic N) is 3. The Morgan fingerprint density at radius 1 is 1.10 bits per heavy atom. The first-order valence-electron chi connectivity index (χ1n) is 13.4. The third-order valence-electron chi connectivity index (χ3n) is 7.19. The summed E-state index contributed by atoms with van der Waals surface area (Å²) in [6.07, 6.45) is 3.36. The van der Waals surface area contributed by atoms with Crippen LogP contribution in [-0.4, -0.2) is 60.1 Å². The summed E-state index contributed by atoms with van der Waals surface area (Å²) >= 11 is 1.47. The lowest BCUT2D eigenvalue weighted by molar-refractivity contribution is 0.0702. The number of carbonyl (C=O) groups excluding carboxylic acids is 1. The van der Waals surface area contributed by atoms with E-state index in [0.29, 0.717) is 36.0 Å². The molecule has 1 amide bonds. The Labute approximate surface area is 243 Å². The maximum atomic E-state index is 15.0. The van der Waals surface area contributed by atoms with Crippen molar-refractivity contribution in [3.05, 3.63) is 65.4 Å². The fraction of sp³-hybridized carbons (Fsp3) is 0.345. The molecular weight excluding hydrogens is 563 g/mol. The van der Waals surface area contributed by atoms with Crippen LogP contribution in [0.3, 0.4) is 0 Å². The molecule has 0 spiro atoms. The van der Waals surface area contributed by atoms with Gasteiger partial charge in [0.2, 0.25) is 16.0 Å². The molecule has 0 aliphatic carbocycles. The third-order valence-corrected chi connectivity index (χ3v) is 10.2. The zero-order valence-corrected chi connectivity index (χ0v) is 25.0. The predicted octanol–water partition coefficient (Wildman–Crippen LogP) is 5.61. The van der Waals surface area contributed by atoms with Crippen LogP contribution in [0.1, 0.15) is 44.0 Å². The van der Waals surface area contributed by atoms with Gasteiger partial charge in [-0.15, -0.1) is 11.3 Å². The molecule has 1 aliphatic rings. The number of nitrogens with one attached hydrogen (secondary N) is 3. The van der Waals surface area contributed by atoms with E-state index < -0.39 is 20.6 Å². The number of piperidine rings is 1. The molecule has 9 nitrogen and oxygen atoms in total. The number of hydrogen-bond donors (Lipinski definition) is 3. The van der Waals surface area contributed by atoms with Crippen LogP contribution in [0.5, 0.6) is 0 Å². The molecule has 0 bridgehead atoms. The number of rotatable bonds is 7. The highest BCUT2D eigenvalue weighted by Gasteiger charge is 2.29. The smallest absolute Gasteiger partial charge is 0.256 e. The van der Waals surface area contributed by atoms with E-state index in [0.717, 1.165) is 28.7 Å². The first kappa shape index (κ1) is 28.9. The fourth-order valence-electron chi connectivity index (χ4n) is 4.59. The van der Waals surface area contributed by atoms with Crippen molar-refractivity contribution in [2.75, 3.05) is 30.2 Å². The molecule has 0 unspecified atom stereocenters. The lowest BCUT2D eigenvalue weighted by atomic mass is 10.0. The molecule has 3 heterocycles. The highest BCUT2D eigenvalue weighted by atomic mass is 32.2. The van der Waals surface area contributed by atoms with Crippen LogP contribution in [-0.2, 0) is 10.0 Å². The number of sulfonamides is 1. The standard InChI is InChI=1S/C29H33FN6O3S2/c1-29(2,3)41(38,39)35-21-7-5-6-18(14-21)23-17-40-25-16-32-28(34-26(23)25)33-20-8-9-22(24(30)15-20)27(37)36-12-10-19(31-4)11-13-36/h5-9,14-17,19,31,35H,10-13H2,1-4H3,(H,32,33,34). The summed E-state index contributed by atoms with van der Waals surface area (Å²) in [5.74, 6) is -0.645. The van der Waals surface area contributed by atoms with E-state index in [9.17, 15) is 13.2 Å². The fourth-order valence-corrected chi connectivity index (χ4v) is 6.21. The zero-order chi connectivity index (χ0) is 29.4. The summed E-state index contributed by atoms with van der Waals surface area (Å²) < 4.78 is 42.9. The second-order valence-corrected chi connectivity index (χ2v) is 14.4. The number of halogens is 1. The van der Waals surface area contributed by atoms with Gasteiger partial charge in [-0.1, -0.05) is 12.1 Å². The number of aromatic nitrogens is 2. The summed E-state index contributed by atoms with van der Waals surface area (Å²) in [5, 5.41) is 8.21. The van der Waals surface area contributed by atoms with Crippen molar-refractivity contribution in [2.24, 2.45) is 0 Å². The van der Waals surface area contributed by atoms with Crippen molar-refractivity contribution in [1.29, 1.82) is 0 Å². The second kappa shape index (κ2) is 11.3. The minimum atomic E-state index is -3.58. The molecule has 1 fully saturated rings. The van der Waals surface area contributed by atoms with Crippen molar-refractivity contribution in [3.8, 4) is 11.1 Å². The van der Waals surface area contributed by atoms with Crippen molar-refractivity contribution in [2.45, 2.75) is 44.4 Å². The summed E-state index contributed by atoms with van der Waals surface area (Å²) in [6, 6.07) is 11.9. The van der Waals surface area contributed by atoms with E-state index in [1.165, 1.54) is 23.5 Å². The molecule has 2 aromatic heterocycles. The maximum absolute atomic E-state index is 15.0. The van der Waals surface area contributed by atoms with Crippen LogP contribution in [0.4, 0.5) is 21.7 Å². The lowest BCUT2D eigenvalue weighted by Crippen LogP contribution is -2.44. The van der Waals surface area contributed by atoms with Crippen LogP contribution in [0.25, 0.3) is 21.3 Å². The Morgan fingerprint density at radius 3 is 2.54 bits per heavy atom. The molecule has 1 aliphatic heterocycles. The lowest BCUT2D eigenvalue weighted by Gasteiger charge is -2.32. The van der Waals surface area contributed by atoms with E-state index in [4.69, 9.17) is 0 Å². The number of benzene rings is 2. The van der Waals surface area contributed by atoms with Gasteiger partial charge in [0, 0.05) is 41.4 Å². The molecule has 5 rings (SSSR count). The zero-order valence-electron chi connectivity index (χ0n) is 23.4. The van der Waals surface area contributed by atoms with Crippen molar-refractivity contribution >= 4 is 54.8 Å². The van der Waals surface area contributed by atoms with Crippen LogP contribution < -0.4 is 15.4 Å². The molecule has 2 aromatic carbocycles. The van der Waals surface area contributed by atoms with Crippen LogP contribution >= 0.6 is 11.3 Å². The highest BCUT2D eigenvalue weighted by Crippen LogP contribution is 2.35. The molecule has 4 aromatic rings. The number of fused-ring (bicyclic) bond motifs is 1. The summed E-state index contributed by atoms with van der Waals surface area (Å²) in [7, 11) is -1.67. The molecular formula is C29H33FN6O3S2. The van der Waals surface area contributed by atoms with Gasteiger partial charge < -0.3 is 15.5 Å². The number of thiophene rings is 1. The van der Waals surface area contributed by atoms with Gasteiger partial charge in [0.1, 0.15) is 5.82 Å². The van der Waals surface area contributed by atoms with Crippen molar-refractivity contribution in [1.82, 2.24) is 20.2 Å². The van der Waals surface area contributed by atoms with Gasteiger partial charge in [-0.05, 0) is 76.6 Å². The van der Waals surface area contributed by atoms with E-state index in [-0.39, 0.29) is 17.4 Å². The normalized spacial score (nSPS) is 14.8. The number of likely N-dealkylation sites (tertiary alicyclic amines) is 1. The number of carbonyl (C=O) groups is 1.